The summed E-state index contributed by atoms with van der Waals surface area (Å²) < 4.78 is 8.34. The molecule has 0 spiro atoms. The van der Waals surface area contributed by atoms with Gasteiger partial charge in [-0.05, 0) is 25.0 Å². The van der Waals surface area contributed by atoms with Crippen molar-refractivity contribution in [2.24, 2.45) is 0 Å². The highest BCUT2D eigenvalue weighted by Gasteiger charge is 2.14. The maximum Gasteiger partial charge on any atom is 0.109 e. The Hall–Kier alpha value is -0.380. The molecule has 0 aliphatic carbocycles. The molecule has 0 bridgehead atoms. The first-order valence-electron chi connectivity index (χ1n) is 3.69. The fraction of sp³-hybridized carbons (Fsp3) is 0.250. The lowest BCUT2D eigenvalue weighted by molar-refractivity contribution is 1.42. The van der Waals surface area contributed by atoms with Gasteiger partial charge in [0.15, 0.2) is 0 Å². The molecule has 0 saturated heterocycles. The Balaban J connectivity index is 3.02. The molecule has 1 heterocycles. The number of fused-ring (bicyclic) bond motifs is 1. The summed E-state index contributed by atoms with van der Waals surface area (Å²) in [6.45, 7) is 3.80. The van der Waals surface area contributed by atoms with Crippen LogP contribution < -0.4 is 0 Å². The van der Waals surface area contributed by atoms with Gasteiger partial charge in [0.05, 0.1) is 21.8 Å². The predicted molar refractivity (Wildman–Crippen MR) is 56.9 cm³/mol. The predicted octanol–water partition coefficient (Wildman–Crippen LogP) is 3.61. The lowest BCUT2D eigenvalue weighted by atomic mass is 10.1. The van der Waals surface area contributed by atoms with Crippen molar-refractivity contribution in [3.05, 3.63) is 21.2 Å². The molecule has 1 aromatic carbocycles. The topological polar surface area (TPSA) is 25.8 Å². The summed E-state index contributed by atoms with van der Waals surface area (Å²) in [7, 11) is 0. The van der Waals surface area contributed by atoms with Gasteiger partial charge in [-0.1, -0.05) is 23.2 Å². The van der Waals surface area contributed by atoms with Crippen LogP contribution in [0.5, 0.6) is 0 Å². The first-order valence-corrected chi connectivity index (χ1v) is 5.18. The van der Waals surface area contributed by atoms with Crippen molar-refractivity contribution in [1.29, 1.82) is 0 Å². The first-order chi connectivity index (χ1) is 6.13. The second kappa shape index (κ2) is 3.08. The van der Waals surface area contributed by atoms with Crippen molar-refractivity contribution in [2.45, 2.75) is 13.8 Å². The second-order valence-electron chi connectivity index (χ2n) is 2.84. The van der Waals surface area contributed by atoms with E-state index in [2.05, 4.69) is 8.75 Å². The zero-order valence-electron chi connectivity index (χ0n) is 7.06. The monoisotopic (exact) mass is 232 g/mol. The van der Waals surface area contributed by atoms with Crippen molar-refractivity contribution >= 4 is 46.0 Å². The molecule has 5 heteroatoms. The van der Waals surface area contributed by atoms with Crippen LogP contribution >= 0.6 is 34.9 Å². The summed E-state index contributed by atoms with van der Waals surface area (Å²) in [6.07, 6.45) is 0. The Morgan fingerprint density at radius 2 is 1.31 bits per heavy atom. The van der Waals surface area contributed by atoms with Gasteiger partial charge in [0, 0.05) is 0 Å². The van der Waals surface area contributed by atoms with E-state index in [0.29, 0.717) is 10.0 Å². The average molecular weight is 233 g/mol. The fourth-order valence-electron chi connectivity index (χ4n) is 1.22. The van der Waals surface area contributed by atoms with E-state index >= 15 is 0 Å². The molecule has 0 aliphatic heterocycles. The molecular weight excluding hydrogens is 227 g/mol. The van der Waals surface area contributed by atoms with Crippen LogP contribution in [0.3, 0.4) is 0 Å². The maximum absolute atomic E-state index is 6.02. The lowest BCUT2D eigenvalue weighted by Gasteiger charge is -2.04. The van der Waals surface area contributed by atoms with Crippen LogP contribution in [-0.4, -0.2) is 8.75 Å². The molecule has 1 aromatic heterocycles. The molecule has 68 valence electrons. The van der Waals surface area contributed by atoms with Gasteiger partial charge in [0.2, 0.25) is 0 Å². The largest absolute Gasteiger partial charge is 0.173 e. The van der Waals surface area contributed by atoms with Crippen LogP contribution in [0.15, 0.2) is 0 Å². The van der Waals surface area contributed by atoms with E-state index in [-0.39, 0.29) is 0 Å². The van der Waals surface area contributed by atoms with E-state index in [4.69, 9.17) is 23.2 Å². The Morgan fingerprint density at radius 3 is 1.69 bits per heavy atom. The molecule has 0 fully saturated rings. The van der Waals surface area contributed by atoms with Gasteiger partial charge in [-0.2, -0.15) is 8.75 Å². The number of aromatic nitrogens is 2. The Bertz CT molecular complexity index is 436. The van der Waals surface area contributed by atoms with E-state index in [9.17, 15) is 0 Å². The normalized spacial score (nSPS) is 11.1. The summed E-state index contributed by atoms with van der Waals surface area (Å²) in [4.78, 5) is 0. The van der Waals surface area contributed by atoms with Crippen LogP contribution in [0.1, 0.15) is 11.1 Å². The quantitative estimate of drug-likeness (QED) is 0.694. The van der Waals surface area contributed by atoms with Gasteiger partial charge in [0.1, 0.15) is 11.0 Å². The summed E-state index contributed by atoms with van der Waals surface area (Å²) in [5.41, 5.74) is 3.52. The first kappa shape index (κ1) is 9.19. The minimum absolute atomic E-state index is 0.583. The Labute approximate surface area is 89.8 Å². The van der Waals surface area contributed by atoms with E-state index in [0.717, 1.165) is 22.2 Å². The average Bonchev–Trinajstić information content (AvgIpc) is 2.59. The third-order valence-electron chi connectivity index (χ3n) is 2.05. The minimum Gasteiger partial charge on any atom is -0.173 e. The summed E-state index contributed by atoms with van der Waals surface area (Å²) >= 11 is 13.2. The number of rotatable bonds is 0. The molecule has 0 unspecified atom stereocenters. The van der Waals surface area contributed by atoms with Gasteiger partial charge in [-0.25, -0.2) is 0 Å². The van der Waals surface area contributed by atoms with Gasteiger partial charge in [-0.3, -0.25) is 0 Å². The zero-order valence-corrected chi connectivity index (χ0v) is 9.39. The summed E-state index contributed by atoms with van der Waals surface area (Å²) in [5.74, 6) is 0. The molecule has 0 radical (unpaired) electrons. The van der Waals surface area contributed by atoms with E-state index in [1.54, 1.807) is 0 Å². The van der Waals surface area contributed by atoms with Gasteiger partial charge >= 0.3 is 0 Å². The molecule has 0 N–H and O–H groups in total. The Kier molecular flexibility index (Phi) is 2.18. The molecule has 0 amide bonds. The van der Waals surface area contributed by atoms with Crippen molar-refractivity contribution < 1.29 is 0 Å². The number of aryl methyl sites for hydroxylation is 2. The summed E-state index contributed by atoms with van der Waals surface area (Å²) in [6, 6.07) is 0. The molecule has 0 atom stereocenters. The molecule has 2 aromatic rings. The summed E-state index contributed by atoms with van der Waals surface area (Å²) in [5, 5.41) is 1.17. The number of benzene rings is 1. The highest BCUT2D eigenvalue weighted by atomic mass is 35.5. The SMILES string of the molecule is Cc1c(Cl)c(Cl)c(C)c2nsnc12. The molecule has 0 aliphatic rings. The molecule has 0 saturated carbocycles. The smallest absolute Gasteiger partial charge is 0.109 e. The van der Waals surface area contributed by atoms with Crippen molar-refractivity contribution in [1.82, 2.24) is 8.75 Å². The fourth-order valence-corrected chi connectivity index (χ4v) is 2.33. The van der Waals surface area contributed by atoms with Crippen molar-refractivity contribution in [3.8, 4) is 0 Å². The van der Waals surface area contributed by atoms with E-state index in [1.807, 2.05) is 13.8 Å². The zero-order chi connectivity index (χ0) is 9.59. The lowest BCUT2D eigenvalue weighted by Crippen LogP contribution is -1.86. The van der Waals surface area contributed by atoms with Gasteiger partial charge in [-0.15, -0.1) is 0 Å². The van der Waals surface area contributed by atoms with Crippen LogP contribution in [0.25, 0.3) is 11.0 Å². The number of hydrogen-bond acceptors (Lipinski definition) is 3. The van der Waals surface area contributed by atoms with Gasteiger partial charge < -0.3 is 0 Å². The maximum atomic E-state index is 6.02. The number of nitrogens with zero attached hydrogens (tertiary/aromatic N) is 2. The van der Waals surface area contributed by atoms with E-state index < -0.39 is 0 Å². The van der Waals surface area contributed by atoms with Crippen LogP contribution in [0.4, 0.5) is 0 Å². The molecular formula is C8H6Cl2N2S. The van der Waals surface area contributed by atoms with Gasteiger partial charge in [0.25, 0.3) is 0 Å². The minimum atomic E-state index is 0.583. The Morgan fingerprint density at radius 1 is 0.923 bits per heavy atom. The third kappa shape index (κ3) is 1.23. The highest BCUT2D eigenvalue weighted by Crippen LogP contribution is 2.35. The van der Waals surface area contributed by atoms with Crippen LogP contribution in [-0.2, 0) is 0 Å². The standard InChI is InChI=1S/C8H6Cl2N2S/c1-3-5(9)6(10)4(2)8-7(3)11-13-12-8/h1-2H3. The second-order valence-corrected chi connectivity index (χ2v) is 4.12. The number of hydrogen-bond donors (Lipinski definition) is 0. The van der Waals surface area contributed by atoms with E-state index in [1.165, 1.54) is 11.7 Å². The van der Waals surface area contributed by atoms with Crippen LogP contribution in [0.2, 0.25) is 10.0 Å². The highest BCUT2D eigenvalue weighted by molar-refractivity contribution is 7.00. The molecule has 13 heavy (non-hydrogen) atoms. The van der Waals surface area contributed by atoms with Crippen molar-refractivity contribution in [2.75, 3.05) is 0 Å². The molecule has 2 rings (SSSR count). The van der Waals surface area contributed by atoms with Crippen LogP contribution in [0, 0.1) is 13.8 Å². The molecule has 2 nitrogen and oxygen atoms in total. The number of halogens is 2. The van der Waals surface area contributed by atoms with Crippen molar-refractivity contribution in [3.63, 3.8) is 0 Å². The third-order valence-corrected chi connectivity index (χ3v) is 3.62.